The summed E-state index contributed by atoms with van der Waals surface area (Å²) in [5, 5.41) is 9.89. The molecule has 1 saturated heterocycles. The summed E-state index contributed by atoms with van der Waals surface area (Å²) >= 11 is 1.49. The first-order valence-corrected chi connectivity index (χ1v) is 9.98. The van der Waals surface area contributed by atoms with E-state index in [4.69, 9.17) is 9.15 Å². The van der Waals surface area contributed by atoms with Crippen molar-refractivity contribution < 1.29 is 18.7 Å². The number of piperidine rings is 1. The van der Waals surface area contributed by atoms with E-state index in [1.165, 1.54) is 11.3 Å². The third-order valence-electron chi connectivity index (χ3n) is 4.54. The first kappa shape index (κ1) is 18.4. The molecule has 1 amide bonds. The van der Waals surface area contributed by atoms with Crippen molar-refractivity contribution in [1.82, 2.24) is 10.2 Å². The van der Waals surface area contributed by atoms with Crippen molar-refractivity contribution in [3.8, 4) is 10.8 Å². The Morgan fingerprint density at radius 1 is 1.21 bits per heavy atom. The van der Waals surface area contributed by atoms with Crippen LogP contribution in [0.15, 0.2) is 46.2 Å². The molecule has 0 N–H and O–H groups in total. The zero-order valence-electron chi connectivity index (χ0n) is 15.3. The molecule has 1 atom stereocenters. The summed E-state index contributed by atoms with van der Waals surface area (Å²) in [6, 6.07) is 10.6. The number of nitrogens with zero attached hydrogens (tertiary/aromatic N) is 3. The summed E-state index contributed by atoms with van der Waals surface area (Å²) in [5.74, 6) is 0.281. The molecule has 0 bridgehead atoms. The second kappa shape index (κ2) is 7.93. The number of ether oxygens (including phenoxy) is 1. The fraction of sp³-hybridized carbons (Fsp3) is 0.300. The molecule has 3 aromatic rings. The molecule has 8 heteroatoms. The average molecular weight is 397 g/mol. The Balaban J connectivity index is 1.41. The van der Waals surface area contributed by atoms with Gasteiger partial charge in [0.05, 0.1) is 10.4 Å². The Labute approximate surface area is 165 Å². The number of benzene rings is 1. The van der Waals surface area contributed by atoms with Crippen LogP contribution in [-0.4, -0.2) is 28.6 Å². The molecule has 1 aliphatic rings. The minimum Gasteiger partial charge on any atom is -0.449 e. The van der Waals surface area contributed by atoms with Gasteiger partial charge in [0.2, 0.25) is 5.91 Å². The number of amides is 1. The number of esters is 1. The van der Waals surface area contributed by atoms with Gasteiger partial charge in [-0.15, -0.1) is 21.5 Å². The van der Waals surface area contributed by atoms with Crippen LogP contribution in [0.5, 0.6) is 0 Å². The van der Waals surface area contributed by atoms with Crippen LogP contribution in [0.2, 0.25) is 0 Å². The first-order valence-electron chi connectivity index (χ1n) is 9.10. The lowest BCUT2D eigenvalue weighted by atomic mass is 10.1. The van der Waals surface area contributed by atoms with E-state index in [2.05, 4.69) is 10.2 Å². The molecule has 7 nitrogen and oxygen atoms in total. The van der Waals surface area contributed by atoms with Crippen LogP contribution in [-0.2, 0) is 9.53 Å². The highest BCUT2D eigenvalue weighted by Gasteiger charge is 2.22. The lowest BCUT2D eigenvalue weighted by Gasteiger charge is -2.26. The quantitative estimate of drug-likeness (QED) is 0.599. The van der Waals surface area contributed by atoms with Crippen LogP contribution < -0.4 is 4.90 Å². The van der Waals surface area contributed by atoms with E-state index >= 15 is 0 Å². The van der Waals surface area contributed by atoms with Crippen molar-refractivity contribution in [3.63, 3.8) is 0 Å². The number of thiophene rings is 1. The van der Waals surface area contributed by atoms with Crippen LogP contribution in [0, 0.1) is 0 Å². The van der Waals surface area contributed by atoms with Gasteiger partial charge in [-0.2, -0.15) is 0 Å². The van der Waals surface area contributed by atoms with Gasteiger partial charge in [-0.25, -0.2) is 4.79 Å². The summed E-state index contributed by atoms with van der Waals surface area (Å²) in [6.45, 7) is 2.40. The zero-order chi connectivity index (χ0) is 19.5. The predicted octanol–water partition coefficient (Wildman–Crippen LogP) is 4.23. The number of anilines is 1. The van der Waals surface area contributed by atoms with E-state index in [1.54, 1.807) is 36.1 Å². The summed E-state index contributed by atoms with van der Waals surface area (Å²) in [4.78, 5) is 27.1. The van der Waals surface area contributed by atoms with Gasteiger partial charge in [-0.05, 0) is 55.5 Å². The monoisotopic (exact) mass is 397 g/mol. The molecule has 1 aliphatic heterocycles. The molecule has 0 unspecified atom stereocenters. The van der Waals surface area contributed by atoms with Gasteiger partial charge < -0.3 is 14.1 Å². The van der Waals surface area contributed by atoms with Crippen molar-refractivity contribution in [1.29, 1.82) is 0 Å². The summed E-state index contributed by atoms with van der Waals surface area (Å²) in [6.07, 6.45) is 1.82. The smallest absolute Gasteiger partial charge is 0.338 e. The maximum Gasteiger partial charge on any atom is 0.338 e. The van der Waals surface area contributed by atoms with Gasteiger partial charge >= 0.3 is 5.97 Å². The van der Waals surface area contributed by atoms with Gasteiger partial charge in [-0.3, -0.25) is 4.79 Å². The molecule has 4 rings (SSSR count). The zero-order valence-corrected chi connectivity index (χ0v) is 16.1. The summed E-state index contributed by atoms with van der Waals surface area (Å²) < 4.78 is 11.1. The molecule has 0 aliphatic carbocycles. The van der Waals surface area contributed by atoms with Crippen molar-refractivity contribution in [2.24, 2.45) is 0 Å². The van der Waals surface area contributed by atoms with E-state index in [9.17, 15) is 9.59 Å². The van der Waals surface area contributed by atoms with Crippen LogP contribution in [0.1, 0.15) is 48.5 Å². The second-order valence-electron chi connectivity index (χ2n) is 6.52. The molecule has 1 aromatic carbocycles. The van der Waals surface area contributed by atoms with Crippen LogP contribution in [0.3, 0.4) is 0 Å². The van der Waals surface area contributed by atoms with Crippen LogP contribution in [0.25, 0.3) is 10.8 Å². The van der Waals surface area contributed by atoms with Gasteiger partial charge in [0.1, 0.15) is 0 Å². The molecule has 3 heterocycles. The standard InChI is InChI=1S/C20H19N3O4S/c1-13(18-21-22-19(27-18)16-5-4-12-28-16)26-20(25)14-7-9-15(10-8-14)23-11-3-2-6-17(23)24/h4-5,7-10,12-13H,2-3,6,11H2,1H3/t13-/m1/s1. The van der Waals surface area contributed by atoms with E-state index in [0.717, 1.165) is 23.4 Å². The topological polar surface area (TPSA) is 85.5 Å². The molecule has 0 saturated carbocycles. The number of hydrogen-bond donors (Lipinski definition) is 0. The number of hydrogen-bond acceptors (Lipinski definition) is 7. The maximum absolute atomic E-state index is 12.4. The third-order valence-corrected chi connectivity index (χ3v) is 5.40. The molecule has 0 radical (unpaired) electrons. The fourth-order valence-electron chi connectivity index (χ4n) is 3.03. The normalized spacial score (nSPS) is 15.5. The molecular weight excluding hydrogens is 378 g/mol. The Kier molecular flexibility index (Phi) is 5.21. The molecular formula is C20H19N3O4S. The Morgan fingerprint density at radius 2 is 2.04 bits per heavy atom. The molecule has 1 fully saturated rings. The van der Waals surface area contributed by atoms with Crippen molar-refractivity contribution >= 4 is 28.9 Å². The summed E-state index contributed by atoms with van der Waals surface area (Å²) in [7, 11) is 0. The maximum atomic E-state index is 12.4. The minimum atomic E-state index is -0.669. The average Bonchev–Trinajstić information content (AvgIpc) is 3.40. The third kappa shape index (κ3) is 3.82. The number of carbonyl (C=O) groups is 2. The highest BCUT2D eigenvalue weighted by Crippen LogP contribution is 2.27. The lowest BCUT2D eigenvalue weighted by Crippen LogP contribution is -2.35. The van der Waals surface area contributed by atoms with Gasteiger partial charge in [0.15, 0.2) is 6.10 Å². The molecule has 144 valence electrons. The first-order chi connectivity index (χ1) is 13.6. The van der Waals surface area contributed by atoms with Gasteiger partial charge in [0.25, 0.3) is 11.8 Å². The highest BCUT2D eigenvalue weighted by molar-refractivity contribution is 7.13. The molecule has 2 aromatic heterocycles. The van der Waals surface area contributed by atoms with Crippen LogP contribution >= 0.6 is 11.3 Å². The fourth-order valence-corrected chi connectivity index (χ4v) is 3.68. The highest BCUT2D eigenvalue weighted by atomic mass is 32.1. The Hall–Kier alpha value is -3.00. The predicted molar refractivity (Wildman–Crippen MR) is 104 cm³/mol. The Morgan fingerprint density at radius 3 is 2.75 bits per heavy atom. The largest absolute Gasteiger partial charge is 0.449 e. The van der Waals surface area contributed by atoms with Gasteiger partial charge in [-0.1, -0.05) is 6.07 Å². The van der Waals surface area contributed by atoms with Crippen molar-refractivity contribution in [3.05, 3.63) is 53.2 Å². The number of rotatable bonds is 5. The second-order valence-corrected chi connectivity index (χ2v) is 7.47. The summed E-state index contributed by atoms with van der Waals surface area (Å²) in [5.41, 5.74) is 1.20. The van der Waals surface area contributed by atoms with Gasteiger partial charge in [0, 0.05) is 18.7 Å². The molecule has 28 heavy (non-hydrogen) atoms. The van der Waals surface area contributed by atoms with E-state index in [1.807, 2.05) is 17.5 Å². The van der Waals surface area contributed by atoms with E-state index in [-0.39, 0.29) is 11.8 Å². The van der Waals surface area contributed by atoms with E-state index < -0.39 is 12.1 Å². The SMILES string of the molecule is C[C@@H](OC(=O)c1ccc(N2CCCCC2=O)cc1)c1nnc(-c2cccs2)o1. The van der Waals surface area contributed by atoms with E-state index in [0.29, 0.717) is 24.4 Å². The molecule has 0 spiro atoms. The van der Waals surface area contributed by atoms with Crippen LogP contribution in [0.4, 0.5) is 5.69 Å². The Bertz CT molecular complexity index is 966. The van der Waals surface area contributed by atoms with Crippen molar-refractivity contribution in [2.75, 3.05) is 11.4 Å². The minimum absolute atomic E-state index is 0.119. The van der Waals surface area contributed by atoms with Crippen molar-refractivity contribution in [2.45, 2.75) is 32.3 Å². The number of aromatic nitrogens is 2. The lowest BCUT2D eigenvalue weighted by molar-refractivity contribution is -0.119. The number of carbonyl (C=O) groups excluding carboxylic acids is 2.